The fraction of sp³-hybridized carbons (Fsp3) is 0.308. The molecule has 0 radical (unpaired) electrons. The Balaban J connectivity index is 0.000000803. The summed E-state index contributed by atoms with van der Waals surface area (Å²) in [5, 5.41) is 3.05. The zero-order valence-electron chi connectivity index (χ0n) is 20.2. The molecule has 3 N–H and O–H groups in total. The summed E-state index contributed by atoms with van der Waals surface area (Å²) in [7, 11) is 0. The highest BCUT2D eigenvalue weighted by Crippen LogP contribution is 2.39. The van der Waals surface area contributed by atoms with Gasteiger partial charge in [-0.05, 0) is 36.5 Å². The average molecular weight is 513 g/mol. The van der Waals surface area contributed by atoms with Crippen molar-refractivity contribution in [2.45, 2.75) is 42.9 Å². The van der Waals surface area contributed by atoms with Gasteiger partial charge in [-0.15, -0.1) is 11.8 Å². The van der Waals surface area contributed by atoms with E-state index in [0.717, 1.165) is 51.3 Å². The number of carbonyl (C=O) groups is 3. The van der Waals surface area contributed by atoms with E-state index < -0.39 is 0 Å². The molecular weight excluding hydrogens is 480 g/mol. The number of ketones is 1. The maximum Gasteiger partial charge on any atom is 0.256 e. The Morgan fingerprint density at radius 2 is 1.86 bits per heavy atom. The van der Waals surface area contributed by atoms with Crippen LogP contribution in [-0.4, -0.2) is 48.7 Å². The molecule has 186 valence electrons. The zero-order valence-corrected chi connectivity index (χ0v) is 21.8. The molecule has 0 atom stereocenters. The van der Waals surface area contributed by atoms with Crippen LogP contribution in [0.4, 0.5) is 5.69 Å². The first kappa shape index (κ1) is 28.4. The van der Waals surface area contributed by atoms with Crippen molar-refractivity contribution in [3.05, 3.63) is 64.7 Å². The molecule has 2 aromatic rings. The van der Waals surface area contributed by atoms with Crippen molar-refractivity contribution in [2.75, 3.05) is 24.3 Å². The number of primary amides is 1. The molecule has 0 unspecified atom stereocenters. The molecule has 2 aromatic carbocycles. The second kappa shape index (κ2) is 15.2. The molecule has 0 saturated carbocycles. The van der Waals surface area contributed by atoms with Crippen LogP contribution in [0, 0.1) is 0 Å². The van der Waals surface area contributed by atoms with Crippen LogP contribution >= 0.6 is 23.5 Å². The third-order valence-corrected chi connectivity index (χ3v) is 7.37. The third-order valence-electron chi connectivity index (χ3n) is 5.10. The molecule has 7 nitrogen and oxygen atoms in total. The van der Waals surface area contributed by atoms with E-state index in [1.165, 1.54) is 0 Å². The molecule has 2 heterocycles. The van der Waals surface area contributed by atoms with Crippen molar-refractivity contribution in [1.82, 2.24) is 4.90 Å². The molecule has 0 aromatic heterocycles. The number of piperidine rings is 1. The number of nitrogens with one attached hydrogen (secondary N) is 1. The van der Waals surface area contributed by atoms with Gasteiger partial charge < -0.3 is 11.1 Å². The van der Waals surface area contributed by atoms with Gasteiger partial charge in [0, 0.05) is 59.1 Å². The number of allylic oxidation sites excluding steroid dienone is 1. The van der Waals surface area contributed by atoms with Crippen molar-refractivity contribution in [3.63, 3.8) is 0 Å². The van der Waals surface area contributed by atoms with Crippen LogP contribution in [0.1, 0.15) is 42.6 Å². The van der Waals surface area contributed by atoms with Crippen LogP contribution in [0.25, 0.3) is 0 Å². The molecule has 1 fully saturated rings. The Bertz CT molecular complexity index is 1060. The first-order valence-corrected chi connectivity index (χ1v) is 13.2. The lowest BCUT2D eigenvalue weighted by atomic mass is 10.1. The van der Waals surface area contributed by atoms with Gasteiger partial charge in [0.25, 0.3) is 5.91 Å². The molecule has 9 heteroatoms. The van der Waals surface area contributed by atoms with Gasteiger partial charge in [-0.3, -0.25) is 24.3 Å². The van der Waals surface area contributed by atoms with Gasteiger partial charge in [0.1, 0.15) is 5.78 Å². The lowest BCUT2D eigenvalue weighted by Crippen LogP contribution is -2.33. The van der Waals surface area contributed by atoms with Crippen LogP contribution in [-0.2, 0) is 16.0 Å². The van der Waals surface area contributed by atoms with E-state index in [2.05, 4.69) is 39.8 Å². The Morgan fingerprint density at radius 1 is 1.17 bits per heavy atom. The summed E-state index contributed by atoms with van der Waals surface area (Å²) in [6.07, 6.45) is 4.06. The summed E-state index contributed by atoms with van der Waals surface area (Å²) in [5.41, 5.74) is 6.81. The number of fused-ring (bicyclic) bond motifs is 2. The second-order valence-corrected chi connectivity index (χ2v) is 9.56. The Labute approximate surface area is 215 Å². The normalized spacial score (nSPS) is 15.1. The summed E-state index contributed by atoms with van der Waals surface area (Å²) in [5.74, 6) is 1.11. The Hall–Kier alpha value is -2.88. The second-order valence-electron chi connectivity index (χ2n) is 7.40. The van der Waals surface area contributed by atoms with Crippen molar-refractivity contribution >= 4 is 54.0 Å². The molecule has 0 bridgehead atoms. The van der Waals surface area contributed by atoms with E-state index in [1.54, 1.807) is 29.7 Å². The smallest absolute Gasteiger partial charge is 0.256 e. The summed E-state index contributed by atoms with van der Waals surface area (Å²) < 4.78 is 0. The fourth-order valence-electron chi connectivity index (χ4n) is 3.47. The number of hydrogen-bond donors (Lipinski definition) is 2. The molecule has 2 amide bonds. The highest BCUT2D eigenvalue weighted by Gasteiger charge is 2.20. The summed E-state index contributed by atoms with van der Waals surface area (Å²) in [6, 6.07) is 13.9. The van der Waals surface area contributed by atoms with E-state index in [1.807, 2.05) is 44.2 Å². The Morgan fingerprint density at radius 3 is 2.54 bits per heavy atom. The molecule has 2 aliphatic heterocycles. The summed E-state index contributed by atoms with van der Waals surface area (Å²) >= 11 is 3.34. The topological polar surface area (TPSA) is 105 Å². The van der Waals surface area contributed by atoms with Crippen LogP contribution in [0.2, 0.25) is 0 Å². The highest BCUT2D eigenvalue weighted by molar-refractivity contribution is 8.03. The van der Waals surface area contributed by atoms with Gasteiger partial charge >= 0.3 is 0 Å². The van der Waals surface area contributed by atoms with E-state index in [9.17, 15) is 9.59 Å². The van der Waals surface area contributed by atoms with E-state index in [0.29, 0.717) is 24.2 Å². The van der Waals surface area contributed by atoms with E-state index in [-0.39, 0.29) is 12.3 Å². The predicted molar refractivity (Wildman–Crippen MR) is 146 cm³/mol. The zero-order chi connectivity index (χ0) is 25.6. The third kappa shape index (κ3) is 8.69. The van der Waals surface area contributed by atoms with Crippen LogP contribution < -0.4 is 11.1 Å². The number of thioether (sulfide) groups is 1. The lowest BCUT2D eigenvalue weighted by molar-refractivity contribution is -0.121. The number of benzene rings is 2. The largest absolute Gasteiger partial charge is 0.372 e. The maximum atomic E-state index is 12.6. The van der Waals surface area contributed by atoms with Crippen LogP contribution in [0.3, 0.4) is 0 Å². The standard InChI is InChI=1S/C23H23N3O2S2.C2H6.CH3NO/c1-24-14-18(29-15-26-10-8-17(27)9-11-26)12-16-6-7-22-20(13-16)25-23(28)19-4-2-3-5-21(19)30-22;1-2;2-1-3/h2-7,13-14H,1,8-12,15H2,(H,25,28);1-2H3;1H,(H2,2,3)/b18-14-;;. The SMILES string of the molecule is C=N/C=C(/Cc1ccc2c(c1)NC(=O)c1ccccc1S2)SCN1CCC(=O)CC1.CC.NC=O. The molecule has 4 rings (SSSR count). The molecule has 1 saturated heterocycles. The van der Waals surface area contributed by atoms with Crippen molar-refractivity contribution in [1.29, 1.82) is 0 Å². The number of Topliss-reactive ketones (excluding diaryl/α,β-unsaturated/α-hetero) is 1. The van der Waals surface area contributed by atoms with Crippen molar-refractivity contribution < 1.29 is 14.4 Å². The first-order valence-electron chi connectivity index (χ1n) is 11.4. The molecule has 0 aliphatic carbocycles. The number of rotatable bonds is 6. The van der Waals surface area contributed by atoms with Gasteiger partial charge in [0.15, 0.2) is 0 Å². The number of likely N-dealkylation sites (tertiary alicyclic amines) is 1. The quantitative estimate of drug-likeness (QED) is 0.418. The van der Waals surface area contributed by atoms with Gasteiger partial charge in [-0.25, -0.2) is 0 Å². The van der Waals surface area contributed by atoms with Gasteiger partial charge in [0.2, 0.25) is 6.41 Å². The van der Waals surface area contributed by atoms with Crippen molar-refractivity contribution in [3.8, 4) is 0 Å². The Kier molecular flexibility index (Phi) is 12.3. The number of amides is 2. The average Bonchev–Trinajstić information content (AvgIpc) is 3.01. The summed E-state index contributed by atoms with van der Waals surface area (Å²) in [6.45, 7) is 9.25. The number of nitrogens with two attached hydrogens (primary N) is 1. The number of aliphatic imine (C=N–C) groups is 1. The summed E-state index contributed by atoms with van der Waals surface area (Å²) in [4.78, 5) is 42.0. The van der Waals surface area contributed by atoms with Gasteiger partial charge in [-0.1, -0.05) is 43.8 Å². The number of nitrogens with zero attached hydrogens (tertiary/aromatic N) is 2. The lowest BCUT2D eigenvalue weighted by Gasteiger charge is -2.25. The number of hydrogen-bond acceptors (Lipinski definition) is 7. The monoisotopic (exact) mass is 512 g/mol. The molecular formula is C26H32N4O3S2. The van der Waals surface area contributed by atoms with Crippen LogP contribution in [0.15, 0.2) is 68.4 Å². The minimum atomic E-state index is -0.0773. The maximum absolute atomic E-state index is 12.6. The minimum absolute atomic E-state index is 0.0773. The molecule has 2 aliphatic rings. The number of carbonyl (C=O) groups excluding carboxylic acids is 3. The first-order chi connectivity index (χ1) is 17.0. The highest BCUT2D eigenvalue weighted by atomic mass is 32.2. The van der Waals surface area contributed by atoms with Gasteiger partial charge in [0.05, 0.1) is 11.3 Å². The number of anilines is 1. The van der Waals surface area contributed by atoms with Gasteiger partial charge in [-0.2, -0.15) is 0 Å². The molecule has 0 spiro atoms. The minimum Gasteiger partial charge on any atom is -0.372 e. The van der Waals surface area contributed by atoms with Crippen LogP contribution in [0.5, 0.6) is 0 Å². The van der Waals surface area contributed by atoms with E-state index in [4.69, 9.17) is 4.79 Å². The van der Waals surface area contributed by atoms with Crippen molar-refractivity contribution in [2.24, 2.45) is 10.7 Å². The predicted octanol–water partition coefficient (Wildman–Crippen LogP) is 4.97. The van der Waals surface area contributed by atoms with E-state index >= 15 is 0 Å². The fourth-order valence-corrected chi connectivity index (χ4v) is 5.50. The molecule has 35 heavy (non-hydrogen) atoms.